The van der Waals surface area contributed by atoms with Crippen LogP contribution in [0.2, 0.25) is 0 Å². The Hall–Kier alpha value is -1.34. The van der Waals surface area contributed by atoms with Crippen LogP contribution >= 0.6 is 11.3 Å². The van der Waals surface area contributed by atoms with Crippen LogP contribution < -0.4 is 4.90 Å². The summed E-state index contributed by atoms with van der Waals surface area (Å²) in [6, 6.07) is 0.388. The number of ether oxygens (including phenoxy) is 1. The van der Waals surface area contributed by atoms with Crippen molar-refractivity contribution < 1.29 is 9.53 Å². The lowest BCUT2D eigenvalue weighted by molar-refractivity contribution is 0.0414. The Bertz CT molecular complexity index is 515. The van der Waals surface area contributed by atoms with E-state index in [1.807, 2.05) is 23.0 Å². The first kappa shape index (κ1) is 15.6. The number of morpholine rings is 1. The fourth-order valence-corrected chi connectivity index (χ4v) is 3.86. The highest BCUT2D eigenvalue weighted by Crippen LogP contribution is 2.26. The zero-order valence-electron chi connectivity index (χ0n) is 13.3. The van der Waals surface area contributed by atoms with Crippen molar-refractivity contribution in [2.45, 2.75) is 25.8 Å². The summed E-state index contributed by atoms with van der Waals surface area (Å²) in [5, 5.41) is 1.08. The highest BCUT2D eigenvalue weighted by Gasteiger charge is 2.30. The summed E-state index contributed by atoms with van der Waals surface area (Å²) in [6.45, 7) is 6.68. The Morgan fingerprint density at radius 1 is 1.41 bits per heavy atom. The average Bonchev–Trinajstić information content (AvgIpc) is 3.01. The number of likely N-dealkylation sites (N-methyl/N-ethyl adjacent to an activating group) is 1. The maximum atomic E-state index is 12.6. The third-order valence-electron chi connectivity index (χ3n) is 4.41. The summed E-state index contributed by atoms with van der Waals surface area (Å²) in [5.74, 6) is 0. The number of carbonyl (C=O) groups excluding carboxylic acids is 1. The Balaban J connectivity index is 1.62. The lowest BCUT2D eigenvalue weighted by Crippen LogP contribution is -2.54. The number of thiazole rings is 1. The topological polar surface area (TPSA) is 48.9 Å². The first-order chi connectivity index (χ1) is 10.6. The molecule has 122 valence electrons. The van der Waals surface area contributed by atoms with E-state index in [0.717, 1.165) is 31.1 Å². The maximum absolute atomic E-state index is 12.6. The van der Waals surface area contributed by atoms with Gasteiger partial charge in [-0.3, -0.25) is 0 Å². The van der Waals surface area contributed by atoms with E-state index < -0.39 is 0 Å². The van der Waals surface area contributed by atoms with Gasteiger partial charge in [0.1, 0.15) is 0 Å². The van der Waals surface area contributed by atoms with E-state index >= 15 is 0 Å². The molecule has 0 N–H and O–H groups in total. The SMILES string of the molecule is Cc1cnc(N2CCCC(N(C)C(=O)N3CCOCC3)C2)s1. The van der Waals surface area contributed by atoms with Crippen LogP contribution in [-0.4, -0.2) is 73.3 Å². The van der Waals surface area contributed by atoms with Gasteiger partial charge in [-0.1, -0.05) is 0 Å². The van der Waals surface area contributed by atoms with Gasteiger partial charge in [0.15, 0.2) is 5.13 Å². The van der Waals surface area contributed by atoms with Crippen molar-refractivity contribution in [2.24, 2.45) is 0 Å². The quantitative estimate of drug-likeness (QED) is 0.832. The zero-order chi connectivity index (χ0) is 15.5. The third-order valence-corrected chi connectivity index (χ3v) is 5.38. The predicted molar refractivity (Wildman–Crippen MR) is 87.6 cm³/mol. The molecule has 22 heavy (non-hydrogen) atoms. The third kappa shape index (κ3) is 3.35. The van der Waals surface area contributed by atoms with Crippen LogP contribution in [0.5, 0.6) is 0 Å². The van der Waals surface area contributed by atoms with Crippen LogP contribution in [0.25, 0.3) is 0 Å². The van der Waals surface area contributed by atoms with E-state index in [1.54, 1.807) is 11.3 Å². The molecule has 2 aliphatic heterocycles. The van der Waals surface area contributed by atoms with Crippen molar-refractivity contribution in [1.82, 2.24) is 14.8 Å². The second-order valence-electron chi connectivity index (χ2n) is 5.99. The summed E-state index contributed by atoms with van der Waals surface area (Å²) in [5.41, 5.74) is 0. The van der Waals surface area contributed by atoms with Crippen LogP contribution in [0.4, 0.5) is 9.93 Å². The van der Waals surface area contributed by atoms with Crippen LogP contribution in [-0.2, 0) is 4.74 Å². The molecule has 1 unspecified atom stereocenters. The molecule has 1 atom stereocenters. The van der Waals surface area contributed by atoms with Crippen molar-refractivity contribution in [3.05, 3.63) is 11.1 Å². The number of aryl methyl sites for hydroxylation is 1. The summed E-state index contributed by atoms with van der Waals surface area (Å²) in [4.78, 5) is 24.5. The van der Waals surface area contributed by atoms with Gasteiger partial charge in [-0.2, -0.15) is 0 Å². The number of amides is 2. The number of aromatic nitrogens is 1. The number of urea groups is 1. The molecule has 2 fully saturated rings. The maximum Gasteiger partial charge on any atom is 0.320 e. The molecular formula is C15H24N4O2S. The Morgan fingerprint density at radius 3 is 2.86 bits per heavy atom. The van der Waals surface area contributed by atoms with Gasteiger partial charge >= 0.3 is 6.03 Å². The number of hydrogen-bond acceptors (Lipinski definition) is 5. The minimum atomic E-state index is 0.130. The standard InChI is InChI=1S/C15H24N4O2S/c1-12-10-16-14(22-12)19-5-3-4-13(11-19)17(2)15(20)18-6-8-21-9-7-18/h10,13H,3-9,11H2,1-2H3. The fraction of sp³-hybridized carbons (Fsp3) is 0.733. The van der Waals surface area contributed by atoms with Gasteiger partial charge in [-0.15, -0.1) is 11.3 Å². The van der Waals surface area contributed by atoms with E-state index in [9.17, 15) is 4.79 Å². The Morgan fingerprint density at radius 2 is 2.18 bits per heavy atom. The number of hydrogen-bond donors (Lipinski definition) is 0. The molecule has 0 aliphatic carbocycles. The predicted octanol–water partition coefficient (Wildman–Crippen LogP) is 1.80. The normalized spacial score (nSPS) is 22.7. The average molecular weight is 324 g/mol. The van der Waals surface area contributed by atoms with E-state index in [2.05, 4.69) is 16.8 Å². The number of carbonyl (C=O) groups is 1. The molecule has 1 aromatic rings. The van der Waals surface area contributed by atoms with Crippen molar-refractivity contribution in [2.75, 3.05) is 51.3 Å². The van der Waals surface area contributed by atoms with Crippen LogP contribution in [0.1, 0.15) is 17.7 Å². The van der Waals surface area contributed by atoms with Gasteiger partial charge < -0.3 is 19.4 Å². The molecule has 6 nitrogen and oxygen atoms in total. The molecule has 0 bridgehead atoms. The molecule has 0 spiro atoms. The van der Waals surface area contributed by atoms with E-state index in [4.69, 9.17) is 4.74 Å². The molecule has 2 saturated heterocycles. The van der Waals surface area contributed by atoms with Gasteiger partial charge in [0.05, 0.1) is 19.3 Å². The van der Waals surface area contributed by atoms with E-state index in [0.29, 0.717) is 26.3 Å². The Labute approximate surface area is 135 Å². The second-order valence-corrected chi connectivity index (χ2v) is 7.20. The first-order valence-electron chi connectivity index (χ1n) is 7.92. The molecule has 0 saturated carbocycles. The van der Waals surface area contributed by atoms with Gasteiger partial charge in [0.25, 0.3) is 0 Å². The smallest absolute Gasteiger partial charge is 0.320 e. The lowest BCUT2D eigenvalue weighted by Gasteiger charge is -2.40. The number of anilines is 1. The number of nitrogens with zero attached hydrogens (tertiary/aromatic N) is 4. The molecule has 0 radical (unpaired) electrons. The second kappa shape index (κ2) is 6.83. The number of rotatable bonds is 2. The molecule has 7 heteroatoms. The van der Waals surface area contributed by atoms with Crippen molar-refractivity contribution in [3.63, 3.8) is 0 Å². The highest BCUT2D eigenvalue weighted by atomic mass is 32.1. The molecular weight excluding hydrogens is 300 g/mol. The zero-order valence-corrected chi connectivity index (χ0v) is 14.1. The monoisotopic (exact) mass is 324 g/mol. The number of piperidine rings is 1. The lowest BCUT2D eigenvalue weighted by atomic mass is 10.1. The minimum absolute atomic E-state index is 0.130. The molecule has 2 aliphatic rings. The van der Waals surface area contributed by atoms with Gasteiger partial charge in [0.2, 0.25) is 0 Å². The van der Waals surface area contributed by atoms with E-state index in [-0.39, 0.29) is 12.1 Å². The highest BCUT2D eigenvalue weighted by molar-refractivity contribution is 7.15. The molecule has 3 rings (SSSR count). The van der Waals surface area contributed by atoms with Crippen LogP contribution in [0.15, 0.2) is 6.20 Å². The summed E-state index contributed by atoms with van der Waals surface area (Å²) in [7, 11) is 1.93. The Kier molecular flexibility index (Phi) is 4.83. The minimum Gasteiger partial charge on any atom is -0.378 e. The largest absolute Gasteiger partial charge is 0.378 e. The first-order valence-corrected chi connectivity index (χ1v) is 8.73. The van der Waals surface area contributed by atoms with Crippen molar-refractivity contribution in [3.8, 4) is 0 Å². The molecule has 0 aromatic carbocycles. The molecule has 1 aromatic heterocycles. The summed E-state index contributed by atoms with van der Waals surface area (Å²) in [6.07, 6.45) is 4.09. The van der Waals surface area contributed by atoms with E-state index in [1.165, 1.54) is 4.88 Å². The summed E-state index contributed by atoms with van der Waals surface area (Å²) >= 11 is 1.73. The van der Waals surface area contributed by atoms with Crippen LogP contribution in [0, 0.1) is 6.92 Å². The summed E-state index contributed by atoms with van der Waals surface area (Å²) < 4.78 is 5.32. The van der Waals surface area contributed by atoms with Crippen molar-refractivity contribution >= 4 is 22.5 Å². The van der Waals surface area contributed by atoms with Gasteiger partial charge in [0, 0.05) is 44.3 Å². The fourth-order valence-electron chi connectivity index (χ4n) is 3.07. The molecule has 3 heterocycles. The van der Waals surface area contributed by atoms with Gasteiger partial charge in [-0.05, 0) is 19.8 Å². The van der Waals surface area contributed by atoms with Gasteiger partial charge in [-0.25, -0.2) is 9.78 Å². The molecule has 2 amide bonds. The van der Waals surface area contributed by atoms with Crippen LogP contribution in [0.3, 0.4) is 0 Å². The van der Waals surface area contributed by atoms with Crippen molar-refractivity contribution in [1.29, 1.82) is 0 Å².